The van der Waals surface area contributed by atoms with Crippen LogP contribution in [0.1, 0.15) is 26.7 Å². The second-order valence-corrected chi connectivity index (χ2v) is 3.32. The van der Waals surface area contributed by atoms with Crippen LogP contribution in [0.15, 0.2) is 0 Å². The van der Waals surface area contributed by atoms with Crippen molar-refractivity contribution in [3.8, 4) is 6.07 Å². The van der Waals surface area contributed by atoms with Gasteiger partial charge >= 0.3 is 0 Å². The molecule has 0 bridgehead atoms. The van der Waals surface area contributed by atoms with Crippen LogP contribution in [-0.2, 0) is 0 Å². The van der Waals surface area contributed by atoms with E-state index in [-0.39, 0.29) is 0 Å². The van der Waals surface area contributed by atoms with E-state index >= 15 is 0 Å². The molecule has 0 heterocycles. The Morgan fingerprint density at radius 2 is 2.10 bits per heavy atom. The lowest BCUT2D eigenvalue weighted by molar-refractivity contribution is 0.260. The van der Waals surface area contributed by atoms with Crippen LogP contribution in [0.3, 0.4) is 0 Å². The Morgan fingerprint density at radius 1 is 1.50 bits per heavy atom. The predicted molar refractivity (Wildman–Crippen MR) is 40.4 cm³/mol. The molecule has 1 fully saturated rings. The number of nitrogens with one attached hydrogen (secondary N) is 1. The molecule has 0 aliphatic heterocycles. The minimum Gasteiger partial charge on any atom is -0.312 e. The second kappa shape index (κ2) is 3.03. The second-order valence-electron chi connectivity index (χ2n) is 3.32. The molecule has 10 heavy (non-hydrogen) atoms. The lowest BCUT2D eigenvalue weighted by atomic mass is 9.81. The predicted octanol–water partition coefficient (Wildman–Crippen LogP) is 1.29. The average molecular weight is 138 g/mol. The third kappa shape index (κ3) is 1.71. The molecule has 0 aromatic carbocycles. The van der Waals surface area contributed by atoms with Crippen LogP contribution in [0.4, 0.5) is 0 Å². The van der Waals surface area contributed by atoms with Crippen molar-refractivity contribution in [1.29, 1.82) is 5.26 Å². The van der Waals surface area contributed by atoms with E-state index in [0.29, 0.717) is 18.0 Å². The Labute approximate surface area is 62.2 Å². The summed E-state index contributed by atoms with van der Waals surface area (Å²) in [6, 6.07) is 3.44. The lowest BCUT2D eigenvalue weighted by Crippen LogP contribution is -2.43. The molecule has 0 amide bonds. The highest BCUT2D eigenvalue weighted by Crippen LogP contribution is 2.26. The summed E-state index contributed by atoms with van der Waals surface area (Å²) in [7, 11) is 0. The Balaban J connectivity index is 2.10. The summed E-state index contributed by atoms with van der Waals surface area (Å²) in [4.78, 5) is 0. The van der Waals surface area contributed by atoms with E-state index in [4.69, 9.17) is 5.26 Å². The molecule has 0 saturated heterocycles. The molecule has 0 unspecified atom stereocenters. The first kappa shape index (κ1) is 7.56. The van der Waals surface area contributed by atoms with Crippen molar-refractivity contribution in [3.05, 3.63) is 0 Å². The van der Waals surface area contributed by atoms with Crippen LogP contribution in [-0.4, -0.2) is 12.1 Å². The fourth-order valence-corrected chi connectivity index (χ4v) is 1.33. The van der Waals surface area contributed by atoms with Crippen molar-refractivity contribution in [2.24, 2.45) is 5.92 Å². The summed E-state index contributed by atoms with van der Waals surface area (Å²) >= 11 is 0. The molecule has 1 N–H and O–H groups in total. The summed E-state index contributed by atoms with van der Waals surface area (Å²) in [5, 5.41) is 11.9. The number of nitriles is 1. The van der Waals surface area contributed by atoms with Crippen molar-refractivity contribution in [2.45, 2.75) is 38.8 Å². The molecular weight excluding hydrogens is 124 g/mol. The van der Waals surface area contributed by atoms with E-state index < -0.39 is 0 Å². The highest BCUT2D eigenvalue weighted by Gasteiger charge is 2.28. The van der Waals surface area contributed by atoms with Gasteiger partial charge in [0.15, 0.2) is 0 Å². The fourth-order valence-electron chi connectivity index (χ4n) is 1.33. The van der Waals surface area contributed by atoms with Gasteiger partial charge in [-0.05, 0) is 12.8 Å². The van der Waals surface area contributed by atoms with Gasteiger partial charge in [0.05, 0.1) is 6.07 Å². The molecule has 2 heteroatoms. The van der Waals surface area contributed by atoms with Gasteiger partial charge in [-0.1, -0.05) is 13.8 Å². The van der Waals surface area contributed by atoms with Gasteiger partial charge in [0.1, 0.15) is 0 Å². The van der Waals surface area contributed by atoms with Gasteiger partial charge in [-0.25, -0.2) is 0 Å². The van der Waals surface area contributed by atoms with Gasteiger partial charge in [-0.3, -0.25) is 0 Å². The molecule has 0 aromatic rings. The summed E-state index contributed by atoms with van der Waals surface area (Å²) in [5.41, 5.74) is 0. The van der Waals surface area contributed by atoms with E-state index in [2.05, 4.69) is 25.2 Å². The normalized spacial score (nSPS) is 31.4. The number of hydrogen-bond acceptors (Lipinski definition) is 2. The standard InChI is InChI=1S/C8H14N2/c1-6(2)10-8-3-7(4-8)5-9/h6-8,10H,3-4H2,1-2H3/t7-,8-. The van der Waals surface area contributed by atoms with E-state index in [1.807, 2.05) is 0 Å². The largest absolute Gasteiger partial charge is 0.312 e. The monoisotopic (exact) mass is 138 g/mol. The number of nitrogens with zero attached hydrogens (tertiary/aromatic N) is 1. The third-order valence-electron chi connectivity index (χ3n) is 1.89. The Bertz CT molecular complexity index is 140. The van der Waals surface area contributed by atoms with Crippen molar-refractivity contribution in [2.75, 3.05) is 0 Å². The highest BCUT2D eigenvalue weighted by atomic mass is 15.0. The maximum Gasteiger partial charge on any atom is 0.0657 e. The van der Waals surface area contributed by atoms with Crippen molar-refractivity contribution in [1.82, 2.24) is 5.32 Å². The zero-order valence-electron chi connectivity index (χ0n) is 6.59. The Morgan fingerprint density at radius 3 is 2.50 bits per heavy atom. The van der Waals surface area contributed by atoms with Crippen LogP contribution >= 0.6 is 0 Å². The number of hydrogen-bond donors (Lipinski definition) is 1. The summed E-state index contributed by atoms with van der Waals surface area (Å²) in [6.07, 6.45) is 2.10. The van der Waals surface area contributed by atoms with Gasteiger partial charge in [0, 0.05) is 18.0 Å². The smallest absolute Gasteiger partial charge is 0.0657 e. The molecule has 1 saturated carbocycles. The van der Waals surface area contributed by atoms with Crippen molar-refractivity contribution < 1.29 is 0 Å². The summed E-state index contributed by atoms with van der Waals surface area (Å²) in [5.74, 6) is 0.330. The molecular formula is C8H14N2. The summed E-state index contributed by atoms with van der Waals surface area (Å²) < 4.78 is 0. The minimum atomic E-state index is 0.330. The zero-order chi connectivity index (χ0) is 7.56. The molecule has 0 aromatic heterocycles. The van der Waals surface area contributed by atoms with Crippen LogP contribution in [0, 0.1) is 17.2 Å². The highest BCUT2D eigenvalue weighted by molar-refractivity contribution is 4.97. The Hall–Kier alpha value is -0.550. The van der Waals surface area contributed by atoms with E-state index in [1.54, 1.807) is 0 Å². The third-order valence-corrected chi connectivity index (χ3v) is 1.89. The minimum absolute atomic E-state index is 0.330. The molecule has 56 valence electrons. The van der Waals surface area contributed by atoms with Gasteiger partial charge in [-0.2, -0.15) is 5.26 Å². The van der Waals surface area contributed by atoms with Gasteiger partial charge in [-0.15, -0.1) is 0 Å². The van der Waals surface area contributed by atoms with Crippen LogP contribution in [0.2, 0.25) is 0 Å². The molecule has 0 spiro atoms. The van der Waals surface area contributed by atoms with Crippen molar-refractivity contribution in [3.63, 3.8) is 0 Å². The van der Waals surface area contributed by atoms with Crippen LogP contribution in [0.25, 0.3) is 0 Å². The average Bonchev–Trinajstić information content (AvgIpc) is 1.76. The molecule has 2 nitrogen and oxygen atoms in total. The van der Waals surface area contributed by atoms with E-state index in [1.165, 1.54) is 0 Å². The molecule has 0 atom stereocenters. The molecule has 1 aliphatic carbocycles. The van der Waals surface area contributed by atoms with Crippen LogP contribution in [0.5, 0.6) is 0 Å². The lowest BCUT2D eigenvalue weighted by Gasteiger charge is -2.32. The topological polar surface area (TPSA) is 35.8 Å². The van der Waals surface area contributed by atoms with Gasteiger partial charge < -0.3 is 5.32 Å². The number of rotatable bonds is 2. The van der Waals surface area contributed by atoms with Crippen molar-refractivity contribution >= 4 is 0 Å². The fraction of sp³-hybridized carbons (Fsp3) is 0.875. The van der Waals surface area contributed by atoms with Crippen LogP contribution < -0.4 is 5.32 Å². The van der Waals surface area contributed by atoms with Gasteiger partial charge in [0.25, 0.3) is 0 Å². The maximum absolute atomic E-state index is 8.46. The first-order chi connectivity index (χ1) is 4.72. The van der Waals surface area contributed by atoms with E-state index in [0.717, 1.165) is 12.8 Å². The molecule has 0 radical (unpaired) electrons. The quantitative estimate of drug-likeness (QED) is 0.624. The van der Waals surface area contributed by atoms with Gasteiger partial charge in [0.2, 0.25) is 0 Å². The SMILES string of the molecule is CC(C)N[C@H]1C[C@H](C#N)C1. The molecule has 1 aliphatic rings. The first-order valence-corrected chi connectivity index (χ1v) is 3.88. The zero-order valence-corrected chi connectivity index (χ0v) is 6.59. The maximum atomic E-state index is 8.46. The summed E-state index contributed by atoms with van der Waals surface area (Å²) in [6.45, 7) is 4.28. The molecule has 1 rings (SSSR count). The first-order valence-electron chi connectivity index (χ1n) is 3.88. The van der Waals surface area contributed by atoms with E-state index in [9.17, 15) is 0 Å². The Kier molecular flexibility index (Phi) is 2.29.